The third kappa shape index (κ3) is 1.46. The highest BCUT2D eigenvalue weighted by Gasteiger charge is 2.48. The Morgan fingerprint density at radius 3 is 2.47 bits per heavy atom. The second-order valence-electron chi connectivity index (χ2n) is 4.57. The van der Waals surface area contributed by atoms with Crippen molar-refractivity contribution in [2.75, 3.05) is 0 Å². The van der Waals surface area contributed by atoms with Crippen LogP contribution < -0.4 is 0 Å². The van der Waals surface area contributed by atoms with E-state index >= 15 is 0 Å². The highest BCUT2D eigenvalue weighted by Crippen LogP contribution is 2.49. The van der Waals surface area contributed by atoms with Crippen LogP contribution in [0.25, 0.3) is 0 Å². The van der Waals surface area contributed by atoms with Crippen molar-refractivity contribution in [1.82, 2.24) is 0 Å². The molecule has 15 heavy (non-hydrogen) atoms. The second-order valence-corrected chi connectivity index (χ2v) is 4.57. The van der Waals surface area contributed by atoms with Gasteiger partial charge in [0.05, 0.1) is 0 Å². The Morgan fingerprint density at radius 1 is 1.33 bits per heavy atom. The molecule has 0 N–H and O–H groups in total. The lowest BCUT2D eigenvalue weighted by atomic mass is 9.59. The molecule has 0 amide bonds. The number of carbonyl (C=O) groups excluding carboxylic acids is 1. The first-order valence-corrected chi connectivity index (χ1v) is 4.91. The molecule has 0 radical (unpaired) electrons. The van der Waals surface area contributed by atoms with Crippen LogP contribution in [-0.2, 0) is 4.79 Å². The van der Waals surface area contributed by atoms with Crippen LogP contribution in [0, 0.1) is 17.0 Å². The fourth-order valence-electron chi connectivity index (χ4n) is 2.05. The first kappa shape index (κ1) is 10.3. The summed E-state index contributed by atoms with van der Waals surface area (Å²) < 4.78 is 26.1. The van der Waals surface area contributed by atoms with Crippen molar-refractivity contribution in [3.63, 3.8) is 0 Å². The maximum Gasteiger partial charge on any atom is 0.139 e. The normalized spacial score (nSPS) is 23.7. The number of benzene rings is 1. The molecule has 0 spiro atoms. The maximum atomic E-state index is 13.4. The van der Waals surface area contributed by atoms with E-state index in [1.807, 2.05) is 0 Å². The third-order valence-corrected chi connectivity index (χ3v) is 3.32. The lowest BCUT2D eigenvalue weighted by Gasteiger charge is -2.42. The molecule has 1 unspecified atom stereocenters. The van der Waals surface area contributed by atoms with E-state index in [-0.39, 0.29) is 11.7 Å². The van der Waals surface area contributed by atoms with Crippen LogP contribution in [0.4, 0.5) is 8.78 Å². The van der Waals surface area contributed by atoms with Crippen LogP contribution in [0.1, 0.15) is 31.7 Å². The summed E-state index contributed by atoms with van der Waals surface area (Å²) in [4.78, 5) is 11.3. The maximum absolute atomic E-state index is 13.4. The predicted octanol–water partition coefficient (Wildman–Crippen LogP) is 3.05. The number of carbonyl (C=O) groups is 1. The average molecular weight is 210 g/mol. The van der Waals surface area contributed by atoms with E-state index in [1.54, 1.807) is 13.8 Å². The molecule has 1 nitrogen and oxygen atoms in total. The van der Waals surface area contributed by atoms with Crippen molar-refractivity contribution in [2.24, 2.45) is 5.41 Å². The van der Waals surface area contributed by atoms with Crippen molar-refractivity contribution >= 4 is 5.78 Å². The Balaban J connectivity index is 2.36. The molecule has 0 heterocycles. The standard InChI is InChI=1S/C12H12F2O/c1-12(2)9(6-11(12)15)8-4-3-7(13)5-10(8)14/h3-5,9H,6H2,1-2H3. The van der Waals surface area contributed by atoms with Gasteiger partial charge in [-0.05, 0) is 11.6 Å². The van der Waals surface area contributed by atoms with Gasteiger partial charge in [-0.2, -0.15) is 0 Å². The molecule has 2 rings (SSSR count). The minimum atomic E-state index is -0.584. The van der Waals surface area contributed by atoms with E-state index in [0.717, 1.165) is 6.07 Å². The Kier molecular flexibility index (Phi) is 2.14. The summed E-state index contributed by atoms with van der Waals surface area (Å²) in [6.07, 6.45) is 0.357. The smallest absolute Gasteiger partial charge is 0.139 e. The molecule has 1 aromatic rings. The molecular weight excluding hydrogens is 198 g/mol. The van der Waals surface area contributed by atoms with Crippen LogP contribution in [0.2, 0.25) is 0 Å². The third-order valence-electron chi connectivity index (χ3n) is 3.32. The Hall–Kier alpha value is -1.25. The Labute approximate surface area is 87.1 Å². The van der Waals surface area contributed by atoms with Gasteiger partial charge in [0.2, 0.25) is 0 Å². The van der Waals surface area contributed by atoms with E-state index in [1.165, 1.54) is 12.1 Å². The van der Waals surface area contributed by atoms with Gasteiger partial charge in [-0.15, -0.1) is 0 Å². The minimum Gasteiger partial charge on any atom is -0.299 e. The summed E-state index contributed by atoms with van der Waals surface area (Å²) in [7, 11) is 0. The van der Waals surface area contributed by atoms with Crippen molar-refractivity contribution in [1.29, 1.82) is 0 Å². The lowest BCUT2D eigenvalue weighted by molar-refractivity contribution is -0.138. The highest BCUT2D eigenvalue weighted by molar-refractivity contribution is 5.92. The molecule has 0 saturated heterocycles. The zero-order valence-corrected chi connectivity index (χ0v) is 8.68. The van der Waals surface area contributed by atoms with E-state index in [2.05, 4.69) is 0 Å². The number of halogens is 2. The monoisotopic (exact) mass is 210 g/mol. The van der Waals surface area contributed by atoms with Crippen LogP contribution in [0.5, 0.6) is 0 Å². The van der Waals surface area contributed by atoms with Gasteiger partial charge in [-0.25, -0.2) is 8.78 Å². The van der Waals surface area contributed by atoms with Crippen molar-refractivity contribution in [2.45, 2.75) is 26.2 Å². The molecule has 1 saturated carbocycles. The molecule has 3 heteroatoms. The van der Waals surface area contributed by atoms with E-state index in [4.69, 9.17) is 0 Å². The van der Waals surface area contributed by atoms with Gasteiger partial charge in [0.25, 0.3) is 0 Å². The fraction of sp³-hybridized carbons (Fsp3) is 0.417. The first-order valence-electron chi connectivity index (χ1n) is 4.91. The van der Waals surface area contributed by atoms with Crippen LogP contribution >= 0.6 is 0 Å². The number of rotatable bonds is 1. The van der Waals surface area contributed by atoms with Crippen LogP contribution in [-0.4, -0.2) is 5.78 Å². The highest BCUT2D eigenvalue weighted by atomic mass is 19.1. The summed E-state index contributed by atoms with van der Waals surface area (Å²) in [5.41, 5.74) is -0.0698. The molecule has 0 aromatic heterocycles. The molecular formula is C12H12F2O. The van der Waals surface area contributed by atoms with E-state index in [0.29, 0.717) is 12.0 Å². The van der Waals surface area contributed by atoms with Gasteiger partial charge in [0.15, 0.2) is 0 Å². The first-order chi connectivity index (χ1) is 6.93. The Morgan fingerprint density at radius 2 is 2.00 bits per heavy atom. The predicted molar refractivity (Wildman–Crippen MR) is 52.5 cm³/mol. The van der Waals surface area contributed by atoms with Crippen molar-refractivity contribution < 1.29 is 13.6 Å². The SMILES string of the molecule is CC1(C)C(=O)CC1c1ccc(F)cc1F. The molecule has 80 valence electrons. The van der Waals surface area contributed by atoms with Gasteiger partial charge in [-0.1, -0.05) is 19.9 Å². The summed E-state index contributed by atoms with van der Waals surface area (Å²) in [6, 6.07) is 3.54. The summed E-state index contributed by atoms with van der Waals surface area (Å²) in [6.45, 7) is 3.60. The largest absolute Gasteiger partial charge is 0.299 e. The van der Waals surface area contributed by atoms with E-state index in [9.17, 15) is 13.6 Å². The van der Waals surface area contributed by atoms with E-state index < -0.39 is 17.0 Å². The molecule has 1 fully saturated rings. The number of ketones is 1. The lowest BCUT2D eigenvalue weighted by Crippen LogP contribution is -2.43. The van der Waals surface area contributed by atoms with Crippen molar-refractivity contribution in [3.05, 3.63) is 35.4 Å². The summed E-state index contributed by atoms with van der Waals surface area (Å²) >= 11 is 0. The van der Waals surface area contributed by atoms with Gasteiger partial charge < -0.3 is 0 Å². The molecule has 1 aromatic carbocycles. The average Bonchev–Trinajstić information content (AvgIpc) is 2.15. The fourth-order valence-corrected chi connectivity index (χ4v) is 2.05. The second kappa shape index (κ2) is 3.12. The number of hydrogen-bond donors (Lipinski definition) is 0. The van der Waals surface area contributed by atoms with Crippen LogP contribution in [0.15, 0.2) is 18.2 Å². The van der Waals surface area contributed by atoms with Gasteiger partial charge in [0, 0.05) is 23.8 Å². The number of hydrogen-bond acceptors (Lipinski definition) is 1. The Bertz CT molecular complexity index is 424. The molecule has 0 bridgehead atoms. The van der Waals surface area contributed by atoms with Gasteiger partial charge in [-0.3, -0.25) is 4.79 Å². The zero-order chi connectivity index (χ0) is 11.2. The number of Topliss-reactive ketones (excluding diaryl/α,β-unsaturated/α-hetero) is 1. The molecule has 1 aliphatic carbocycles. The molecule has 1 atom stereocenters. The van der Waals surface area contributed by atoms with Crippen molar-refractivity contribution in [3.8, 4) is 0 Å². The quantitative estimate of drug-likeness (QED) is 0.696. The van der Waals surface area contributed by atoms with Crippen LogP contribution in [0.3, 0.4) is 0 Å². The molecule has 1 aliphatic rings. The van der Waals surface area contributed by atoms with Gasteiger partial charge >= 0.3 is 0 Å². The topological polar surface area (TPSA) is 17.1 Å². The minimum absolute atomic E-state index is 0.120. The summed E-state index contributed by atoms with van der Waals surface area (Å²) in [5.74, 6) is -1.12. The summed E-state index contributed by atoms with van der Waals surface area (Å²) in [5, 5.41) is 0. The van der Waals surface area contributed by atoms with Gasteiger partial charge in [0.1, 0.15) is 17.4 Å². The molecule has 0 aliphatic heterocycles. The zero-order valence-electron chi connectivity index (χ0n) is 8.68.